The van der Waals surface area contributed by atoms with E-state index < -0.39 is 0 Å². The first-order chi connectivity index (χ1) is 11.0. The molecule has 1 heterocycles. The van der Waals surface area contributed by atoms with Crippen molar-refractivity contribution in [3.8, 4) is 0 Å². The molecule has 6 heteroatoms. The molecule has 6 nitrogen and oxygen atoms in total. The second-order valence-corrected chi connectivity index (χ2v) is 5.02. The number of hydrazine groups is 1. The number of amides is 2. The summed E-state index contributed by atoms with van der Waals surface area (Å²) in [6.45, 7) is 5.63. The highest BCUT2D eigenvalue weighted by Gasteiger charge is 2.08. The number of carbonyl (C=O) groups excluding carboxylic acids is 2. The highest BCUT2D eigenvalue weighted by atomic mass is 16.2. The lowest BCUT2D eigenvalue weighted by Gasteiger charge is -2.11. The largest absolute Gasteiger partial charge is 0.324 e. The van der Waals surface area contributed by atoms with Gasteiger partial charge in [-0.3, -0.25) is 20.0 Å². The van der Waals surface area contributed by atoms with Gasteiger partial charge < -0.3 is 10.7 Å². The molecule has 0 saturated heterocycles. The van der Waals surface area contributed by atoms with Crippen molar-refractivity contribution in [3.05, 3.63) is 72.2 Å². The van der Waals surface area contributed by atoms with Crippen molar-refractivity contribution in [2.24, 2.45) is 0 Å². The number of aromatic nitrogens is 1. The molecule has 1 aromatic carbocycles. The molecule has 0 aliphatic rings. The van der Waals surface area contributed by atoms with Crippen LogP contribution in [0.25, 0.3) is 0 Å². The van der Waals surface area contributed by atoms with Crippen molar-refractivity contribution in [1.82, 2.24) is 15.8 Å². The van der Waals surface area contributed by atoms with Crippen molar-refractivity contribution in [2.75, 3.05) is 5.32 Å². The molecule has 2 aromatic rings. The van der Waals surface area contributed by atoms with Crippen LogP contribution < -0.4 is 16.2 Å². The van der Waals surface area contributed by atoms with Crippen LogP contribution in [0.2, 0.25) is 0 Å². The zero-order valence-corrected chi connectivity index (χ0v) is 12.8. The molecule has 0 saturated carbocycles. The maximum Gasteiger partial charge on any atom is 0.269 e. The highest BCUT2D eigenvalue weighted by molar-refractivity contribution is 5.94. The summed E-state index contributed by atoms with van der Waals surface area (Å²) in [6.07, 6.45) is 3.20. The fourth-order valence-corrected chi connectivity index (χ4v) is 1.88. The van der Waals surface area contributed by atoms with Gasteiger partial charge in [-0.25, -0.2) is 0 Å². The Bertz CT molecular complexity index is 714. The number of hydrogen-bond donors (Lipinski definition) is 3. The lowest BCUT2D eigenvalue weighted by molar-refractivity contribution is -0.115. The van der Waals surface area contributed by atoms with Gasteiger partial charge in [0.1, 0.15) is 0 Å². The predicted molar refractivity (Wildman–Crippen MR) is 88.4 cm³/mol. The molecule has 3 N–H and O–H groups in total. The van der Waals surface area contributed by atoms with Gasteiger partial charge in [0.15, 0.2) is 0 Å². The molecule has 0 bridgehead atoms. The normalized spacial score (nSPS) is 9.78. The van der Waals surface area contributed by atoms with Crippen LogP contribution in [0.1, 0.15) is 22.3 Å². The Hall–Kier alpha value is -3.15. The summed E-state index contributed by atoms with van der Waals surface area (Å²) in [6, 6.07) is 10.7. The van der Waals surface area contributed by atoms with Gasteiger partial charge >= 0.3 is 0 Å². The van der Waals surface area contributed by atoms with Crippen LogP contribution in [0.3, 0.4) is 0 Å². The van der Waals surface area contributed by atoms with Gasteiger partial charge in [-0.2, -0.15) is 0 Å². The molecule has 0 fully saturated rings. The Morgan fingerprint density at radius 2 is 2.00 bits per heavy atom. The predicted octanol–water partition coefficient (Wildman–Crippen LogP) is 2.17. The maximum atomic E-state index is 12.0. The Kier molecular flexibility index (Phi) is 5.46. The van der Waals surface area contributed by atoms with Gasteiger partial charge in [0, 0.05) is 17.5 Å². The standard InChI is InChI=1S/C17H18N4O2/c1-12-5-3-6-14(9-12)17(23)21-20-13(2)10-16(22)19-15-7-4-8-18-11-15/h3-9,11,20H,2,10H2,1H3,(H,19,22)(H,21,23). The molecule has 23 heavy (non-hydrogen) atoms. The zero-order chi connectivity index (χ0) is 16.7. The van der Waals surface area contributed by atoms with Gasteiger partial charge in [0.05, 0.1) is 18.3 Å². The molecular formula is C17H18N4O2. The molecule has 1 aromatic heterocycles. The van der Waals surface area contributed by atoms with E-state index in [4.69, 9.17) is 0 Å². The minimum absolute atomic E-state index is 0.0307. The fourth-order valence-electron chi connectivity index (χ4n) is 1.88. The maximum absolute atomic E-state index is 12.0. The molecule has 0 unspecified atom stereocenters. The van der Waals surface area contributed by atoms with E-state index in [0.717, 1.165) is 5.56 Å². The lowest BCUT2D eigenvalue weighted by atomic mass is 10.1. The first kappa shape index (κ1) is 16.2. The molecule has 0 atom stereocenters. The second-order valence-electron chi connectivity index (χ2n) is 5.02. The number of hydrogen-bond acceptors (Lipinski definition) is 4. The third-order valence-corrected chi connectivity index (χ3v) is 2.95. The van der Waals surface area contributed by atoms with Crippen molar-refractivity contribution in [1.29, 1.82) is 0 Å². The summed E-state index contributed by atoms with van der Waals surface area (Å²) in [5.74, 6) is -0.539. The number of rotatable bonds is 6. The highest BCUT2D eigenvalue weighted by Crippen LogP contribution is 2.05. The number of anilines is 1. The second kappa shape index (κ2) is 7.74. The van der Waals surface area contributed by atoms with Crippen LogP contribution in [-0.4, -0.2) is 16.8 Å². The SMILES string of the molecule is C=C(CC(=O)Nc1cccnc1)NNC(=O)c1cccc(C)c1. The molecule has 0 radical (unpaired) electrons. The number of pyridine rings is 1. The van der Waals surface area contributed by atoms with E-state index in [1.165, 1.54) is 0 Å². The summed E-state index contributed by atoms with van der Waals surface area (Å²) in [5.41, 5.74) is 7.67. The van der Waals surface area contributed by atoms with Crippen LogP contribution >= 0.6 is 0 Å². The fraction of sp³-hybridized carbons (Fsp3) is 0.118. The molecule has 2 rings (SSSR count). The van der Waals surface area contributed by atoms with E-state index in [0.29, 0.717) is 16.9 Å². The molecule has 0 spiro atoms. The molecule has 118 valence electrons. The number of nitrogens with one attached hydrogen (secondary N) is 3. The smallest absolute Gasteiger partial charge is 0.269 e. The summed E-state index contributed by atoms with van der Waals surface area (Å²) < 4.78 is 0. The molecular weight excluding hydrogens is 292 g/mol. The van der Waals surface area contributed by atoms with E-state index in [-0.39, 0.29) is 18.2 Å². The van der Waals surface area contributed by atoms with E-state index in [9.17, 15) is 9.59 Å². The van der Waals surface area contributed by atoms with Gasteiger partial charge in [0.25, 0.3) is 5.91 Å². The van der Waals surface area contributed by atoms with Crippen LogP contribution in [-0.2, 0) is 4.79 Å². The van der Waals surface area contributed by atoms with Crippen LogP contribution in [0.4, 0.5) is 5.69 Å². The Morgan fingerprint density at radius 3 is 2.70 bits per heavy atom. The summed E-state index contributed by atoms with van der Waals surface area (Å²) in [7, 11) is 0. The minimum atomic E-state index is -0.289. The lowest BCUT2D eigenvalue weighted by Crippen LogP contribution is -2.37. The number of carbonyl (C=O) groups is 2. The average Bonchev–Trinajstić information content (AvgIpc) is 2.53. The molecule has 0 aliphatic carbocycles. The van der Waals surface area contributed by atoms with Crippen molar-refractivity contribution in [3.63, 3.8) is 0 Å². The van der Waals surface area contributed by atoms with Crippen molar-refractivity contribution >= 4 is 17.5 Å². The van der Waals surface area contributed by atoms with E-state index in [1.54, 1.807) is 42.7 Å². The quantitative estimate of drug-likeness (QED) is 0.714. The summed E-state index contributed by atoms with van der Waals surface area (Å²) in [5, 5.41) is 2.68. The van der Waals surface area contributed by atoms with Crippen LogP contribution in [0.15, 0.2) is 61.1 Å². The van der Waals surface area contributed by atoms with E-state index in [2.05, 4.69) is 27.7 Å². The van der Waals surface area contributed by atoms with Gasteiger partial charge in [-0.1, -0.05) is 24.3 Å². The van der Waals surface area contributed by atoms with E-state index >= 15 is 0 Å². The average molecular weight is 310 g/mol. The zero-order valence-electron chi connectivity index (χ0n) is 12.8. The van der Waals surface area contributed by atoms with Crippen LogP contribution in [0, 0.1) is 6.92 Å². The van der Waals surface area contributed by atoms with Crippen LogP contribution in [0.5, 0.6) is 0 Å². The van der Waals surface area contributed by atoms with E-state index in [1.807, 2.05) is 13.0 Å². The number of aryl methyl sites for hydroxylation is 1. The van der Waals surface area contributed by atoms with Crippen molar-refractivity contribution < 1.29 is 9.59 Å². The summed E-state index contributed by atoms with van der Waals surface area (Å²) in [4.78, 5) is 27.7. The first-order valence-electron chi connectivity index (χ1n) is 7.05. The number of nitrogens with zero attached hydrogens (tertiary/aromatic N) is 1. The van der Waals surface area contributed by atoms with Gasteiger partial charge in [0.2, 0.25) is 5.91 Å². The molecule has 0 aliphatic heterocycles. The summed E-state index contributed by atoms with van der Waals surface area (Å²) >= 11 is 0. The van der Waals surface area contributed by atoms with Gasteiger partial charge in [-0.15, -0.1) is 0 Å². The van der Waals surface area contributed by atoms with Crippen molar-refractivity contribution in [2.45, 2.75) is 13.3 Å². The first-order valence-corrected chi connectivity index (χ1v) is 7.05. The molecule has 2 amide bonds. The topological polar surface area (TPSA) is 83.1 Å². The minimum Gasteiger partial charge on any atom is -0.324 e. The monoisotopic (exact) mass is 310 g/mol. The van der Waals surface area contributed by atoms with Gasteiger partial charge in [-0.05, 0) is 31.2 Å². The Labute approximate surface area is 134 Å². The Morgan fingerprint density at radius 1 is 1.17 bits per heavy atom. The number of benzene rings is 1. The Balaban J connectivity index is 1.78. The third-order valence-electron chi connectivity index (χ3n) is 2.95. The third kappa shape index (κ3) is 5.28.